The molecule has 2 fully saturated rings. The molecular formula is C13H18O6. The normalized spacial score (nSPS) is 38.1. The number of aliphatic carboxylic acids is 2. The summed E-state index contributed by atoms with van der Waals surface area (Å²) >= 11 is 0. The summed E-state index contributed by atoms with van der Waals surface area (Å²) in [5, 5.41) is 28.0. The Morgan fingerprint density at radius 2 is 1.79 bits per heavy atom. The number of carboxylic acids is 2. The van der Waals surface area contributed by atoms with Crippen molar-refractivity contribution in [3.8, 4) is 0 Å². The van der Waals surface area contributed by atoms with Crippen LogP contribution in [-0.4, -0.2) is 39.7 Å². The Labute approximate surface area is 110 Å². The summed E-state index contributed by atoms with van der Waals surface area (Å²) in [6, 6.07) is 0. The van der Waals surface area contributed by atoms with Gasteiger partial charge in [-0.25, -0.2) is 0 Å². The van der Waals surface area contributed by atoms with Crippen LogP contribution in [0.3, 0.4) is 0 Å². The minimum atomic E-state index is -1.12. The molecule has 0 heterocycles. The predicted molar refractivity (Wildman–Crippen MR) is 64.2 cm³/mol. The van der Waals surface area contributed by atoms with Crippen LogP contribution in [0.4, 0.5) is 0 Å². The van der Waals surface area contributed by atoms with E-state index in [4.69, 9.17) is 9.84 Å². The van der Waals surface area contributed by atoms with Crippen LogP contribution < -0.4 is 0 Å². The molecule has 106 valence electrons. The van der Waals surface area contributed by atoms with Crippen molar-refractivity contribution in [2.24, 2.45) is 23.7 Å². The molecule has 2 aliphatic rings. The van der Waals surface area contributed by atoms with E-state index in [1.54, 1.807) is 6.92 Å². The lowest BCUT2D eigenvalue weighted by Gasteiger charge is -2.32. The fourth-order valence-corrected chi connectivity index (χ4v) is 3.43. The van der Waals surface area contributed by atoms with E-state index < -0.39 is 36.2 Å². The Morgan fingerprint density at radius 1 is 1.21 bits per heavy atom. The third-order valence-corrected chi connectivity index (χ3v) is 4.24. The van der Waals surface area contributed by atoms with Crippen LogP contribution in [-0.2, 0) is 14.3 Å². The molecule has 2 aliphatic carbocycles. The predicted octanol–water partition coefficient (Wildman–Crippen LogP) is 0.707. The molecular weight excluding hydrogens is 252 g/mol. The number of aliphatic hydroxyl groups is 1. The minimum absolute atomic E-state index is 0.189. The largest absolute Gasteiger partial charge is 0.481 e. The van der Waals surface area contributed by atoms with Crippen LogP contribution >= 0.6 is 0 Å². The average Bonchev–Trinajstić information content (AvgIpc) is 2.84. The molecule has 6 heteroatoms. The van der Waals surface area contributed by atoms with Crippen molar-refractivity contribution in [1.82, 2.24) is 0 Å². The van der Waals surface area contributed by atoms with Gasteiger partial charge in [-0.15, -0.1) is 0 Å². The third-order valence-electron chi connectivity index (χ3n) is 4.24. The Balaban J connectivity index is 2.13. The molecule has 19 heavy (non-hydrogen) atoms. The zero-order valence-electron chi connectivity index (χ0n) is 10.7. The van der Waals surface area contributed by atoms with Crippen LogP contribution in [0.25, 0.3) is 0 Å². The second-order valence-corrected chi connectivity index (χ2v) is 5.50. The molecule has 6 atom stereocenters. The van der Waals surface area contributed by atoms with E-state index in [0.717, 1.165) is 0 Å². The fraction of sp³-hybridized carbons (Fsp3) is 0.692. The van der Waals surface area contributed by atoms with Crippen LogP contribution in [0.5, 0.6) is 0 Å². The summed E-state index contributed by atoms with van der Waals surface area (Å²) in [4.78, 5) is 22.4. The topological polar surface area (TPSA) is 104 Å². The molecule has 6 nitrogen and oxygen atoms in total. The second kappa shape index (κ2) is 4.94. The van der Waals surface area contributed by atoms with Crippen molar-refractivity contribution >= 4 is 11.9 Å². The molecule has 0 amide bonds. The molecule has 0 aliphatic heterocycles. The highest BCUT2D eigenvalue weighted by atomic mass is 16.6. The Kier molecular flexibility index (Phi) is 3.64. The molecule has 2 saturated carbocycles. The Bertz CT molecular complexity index is 417. The fourth-order valence-electron chi connectivity index (χ4n) is 3.43. The Morgan fingerprint density at radius 3 is 2.26 bits per heavy atom. The molecule has 0 aromatic heterocycles. The van der Waals surface area contributed by atoms with Crippen molar-refractivity contribution in [3.63, 3.8) is 0 Å². The van der Waals surface area contributed by atoms with E-state index >= 15 is 0 Å². The second-order valence-electron chi connectivity index (χ2n) is 5.50. The van der Waals surface area contributed by atoms with Gasteiger partial charge in [0.1, 0.15) is 0 Å². The zero-order valence-corrected chi connectivity index (χ0v) is 10.7. The van der Waals surface area contributed by atoms with E-state index in [-0.39, 0.29) is 11.8 Å². The number of aliphatic hydroxyl groups excluding tert-OH is 1. The highest BCUT2D eigenvalue weighted by molar-refractivity contribution is 5.81. The van der Waals surface area contributed by atoms with Crippen molar-refractivity contribution in [2.75, 3.05) is 0 Å². The molecule has 2 rings (SSSR count). The van der Waals surface area contributed by atoms with E-state index in [9.17, 15) is 19.8 Å². The lowest BCUT2D eigenvalue weighted by Crippen LogP contribution is -2.42. The highest BCUT2D eigenvalue weighted by Gasteiger charge is 2.59. The first-order valence-corrected chi connectivity index (χ1v) is 6.27. The number of rotatable bonds is 5. The smallest absolute Gasteiger partial charge is 0.307 e. The standard InChI is InChI=1S/C13H18O6/c1-5(2)13(18)19-8-4-6-3-7(8)10(12(16)17)9(6)11(14)15/h6-10,13,18H,1,3-4H2,2H3,(H,14,15)(H,16,17). The zero-order chi connectivity index (χ0) is 14.3. The SMILES string of the molecule is C=C(C)C(O)OC1CC2CC1C(C(=O)O)C2C(=O)O. The van der Waals surface area contributed by atoms with Crippen molar-refractivity contribution in [2.45, 2.75) is 32.2 Å². The summed E-state index contributed by atoms with van der Waals surface area (Å²) in [7, 11) is 0. The lowest BCUT2D eigenvalue weighted by molar-refractivity contribution is -0.168. The first-order chi connectivity index (χ1) is 8.82. The lowest BCUT2D eigenvalue weighted by atomic mass is 9.78. The van der Waals surface area contributed by atoms with Gasteiger partial charge in [-0.1, -0.05) is 6.58 Å². The average molecular weight is 270 g/mol. The van der Waals surface area contributed by atoms with Gasteiger partial charge >= 0.3 is 11.9 Å². The molecule has 0 aromatic rings. The molecule has 0 spiro atoms. The summed E-state index contributed by atoms with van der Waals surface area (Å²) in [5.41, 5.74) is 0.449. The van der Waals surface area contributed by atoms with Gasteiger partial charge in [0.2, 0.25) is 0 Å². The number of ether oxygens (including phenoxy) is 1. The number of carboxylic acid groups (broad SMARTS) is 2. The van der Waals surface area contributed by atoms with Gasteiger partial charge in [0, 0.05) is 0 Å². The van der Waals surface area contributed by atoms with Gasteiger partial charge in [-0.3, -0.25) is 9.59 Å². The van der Waals surface area contributed by atoms with Crippen molar-refractivity contribution in [3.05, 3.63) is 12.2 Å². The Hall–Kier alpha value is -1.40. The number of fused-ring (bicyclic) bond motifs is 2. The van der Waals surface area contributed by atoms with Gasteiger partial charge in [0.05, 0.1) is 17.9 Å². The van der Waals surface area contributed by atoms with Gasteiger partial charge in [0.25, 0.3) is 0 Å². The van der Waals surface area contributed by atoms with Crippen molar-refractivity contribution in [1.29, 1.82) is 0 Å². The summed E-state index contributed by atoms with van der Waals surface area (Å²) in [6.07, 6.45) is -0.521. The van der Waals surface area contributed by atoms with E-state index in [1.807, 2.05) is 0 Å². The first kappa shape index (κ1) is 14.0. The highest BCUT2D eigenvalue weighted by Crippen LogP contribution is 2.53. The van der Waals surface area contributed by atoms with Crippen molar-refractivity contribution < 1.29 is 29.6 Å². The number of carbonyl (C=O) groups is 2. The summed E-state index contributed by atoms with van der Waals surface area (Å²) < 4.78 is 5.41. The molecule has 0 radical (unpaired) electrons. The third kappa shape index (κ3) is 2.37. The van der Waals surface area contributed by atoms with Gasteiger partial charge in [0.15, 0.2) is 6.29 Å². The van der Waals surface area contributed by atoms with Crippen LogP contribution in [0.15, 0.2) is 12.2 Å². The summed E-state index contributed by atoms with van der Waals surface area (Å²) in [6.45, 7) is 5.19. The van der Waals surface area contributed by atoms with Gasteiger partial charge in [-0.2, -0.15) is 0 Å². The van der Waals surface area contributed by atoms with Crippen LogP contribution in [0, 0.1) is 23.7 Å². The van der Waals surface area contributed by atoms with E-state index in [0.29, 0.717) is 18.4 Å². The van der Waals surface area contributed by atoms with Crippen LogP contribution in [0.2, 0.25) is 0 Å². The molecule has 0 aromatic carbocycles. The monoisotopic (exact) mass is 270 g/mol. The number of hydrogen-bond donors (Lipinski definition) is 3. The minimum Gasteiger partial charge on any atom is -0.481 e. The van der Waals surface area contributed by atoms with Crippen LogP contribution in [0.1, 0.15) is 19.8 Å². The van der Waals surface area contributed by atoms with Gasteiger partial charge in [-0.05, 0) is 37.2 Å². The maximum absolute atomic E-state index is 11.3. The molecule has 6 unspecified atom stereocenters. The molecule has 2 bridgehead atoms. The quantitative estimate of drug-likeness (QED) is 0.502. The maximum atomic E-state index is 11.3. The van der Waals surface area contributed by atoms with E-state index in [1.165, 1.54) is 0 Å². The van der Waals surface area contributed by atoms with E-state index in [2.05, 4.69) is 6.58 Å². The number of hydrogen-bond acceptors (Lipinski definition) is 4. The molecule has 0 saturated heterocycles. The summed E-state index contributed by atoms with van der Waals surface area (Å²) in [5.74, 6) is -4.47. The van der Waals surface area contributed by atoms with Gasteiger partial charge < -0.3 is 20.1 Å². The first-order valence-electron chi connectivity index (χ1n) is 6.27. The molecule has 3 N–H and O–H groups in total. The maximum Gasteiger partial charge on any atom is 0.307 e.